The molecule has 1 N–H and O–H groups in total. The summed E-state index contributed by atoms with van der Waals surface area (Å²) in [6.07, 6.45) is 1.56. The van der Waals surface area contributed by atoms with Gasteiger partial charge in [-0.2, -0.15) is 0 Å². The maximum Gasteiger partial charge on any atom is 0.347 e. The fraction of sp³-hybridized carbons (Fsp3) is 0.250. The maximum atomic E-state index is 11.2. The van der Waals surface area contributed by atoms with Crippen molar-refractivity contribution in [2.75, 3.05) is 0 Å². The number of aromatic nitrogens is 1. The third-order valence-corrected chi connectivity index (χ3v) is 2.72. The fourth-order valence-electron chi connectivity index (χ4n) is 1.01. The van der Waals surface area contributed by atoms with Crippen LogP contribution >= 0.6 is 11.3 Å². The van der Waals surface area contributed by atoms with Gasteiger partial charge in [-0.05, 0) is 6.92 Å². The van der Waals surface area contributed by atoms with E-state index in [0.29, 0.717) is 12.2 Å². The van der Waals surface area contributed by atoms with Gasteiger partial charge < -0.3 is 5.11 Å². The third kappa shape index (κ3) is 1.70. The Morgan fingerprint density at radius 1 is 1.77 bits per heavy atom. The van der Waals surface area contributed by atoms with Crippen LogP contribution in [0.5, 0.6) is 0 Å². The van der Waals surface area contributed by atoms with Crippen LogP contribution in [0.4, 0.5) is 0 Å². The summed E-state index contributed by atoms with van der Waals surface area (Å²) >= 11 is 0.749. The van der Waals surface area contributed by atoms with Crippen molar-refractivity contribution >= 4 is 17.3 Å². The van der Waals surface area contributed by atoms with Crippen molar-refractivity contribution in [3.63, 3.8) is 0 Å². The molecule has 0 fully saturated rings. The first-order valence-electron chi connectivity index (χ1n) is 3.62. The predicted molar refractivity (Wildman–Crippen MR) is 50.5 cm³/mol. The van der Waals surface area contributed by atoms with Crippen LogP contribution in [-0.2, 0) is 6.54 Å². The lowest BCUT2D eigenvalue weighted by atomic mass is 10.4. The van der Waals surface area contributed by atoms with Gasteiger partial charge in [0.2, 0.25) is 0 Å². The van der Waals surface area contributed by atoms with Gasteiger partial charge in [0, 0.05) is 12.2 Å². The van der Waals surface area contributed by atoms with Crippen LogP contribution in [0, 0.1) is 6.92 Å². The first-order valence-corrected chi connectivity index (χ1v) is 4.44. The highest BCUT2D eigenvalue weighted by molar-refractivity contribution is 7.11. The monoisotopic (exact) mass is 199 g/mol. The van der Waals surface area contributed by atoms with E-state index in [1.807, 2.05) is 0 Å². The highest BCUT2D eigenvalue weighted by Crippen LogP contribution is 2.11. The molecule has 0 saturated carbocycles. The summed E-state index contributed by atoms with van der Waals surface area (Å²) in [5, 5.41) is 8.70. The normalized spacial score (nSPS) is 9.92. The van der Waals surface area contributed by atoms with Gasteiger partial charge in [0.25, 0.3) is 0 Å². The number of carbonyl (C=O) groups is 1. The van der Waals surface area contributed by atoms with Gasteiger partial charge in [-0.1, -0.05) is 17.4 Å². The number of allylic oxidation sites excluding steroid dienone is 1. The van der Waals surface area contributed by atoms with E-state index in [1.165, 1.54) is 4.57 Å². The van der Waals surface area contributed by atoms with Crippen molar-refractivity contribution in [1.82, 2.24) is 4.57 Å². The molecule has 0 bridgehead atoms. The second kappa shape index (κ2) is 3.57. The van der Waals surface area contributed by atoms with Crippen molar-refractivity contribution in [2.24, 2.45) is 0 Å². The number of rotatable bonds is 3. The largest absolute Gasteiger partial charge is 0.477 e. The number of thiazole rings is 1. The molecule has 1 aromatic heterocycles. The summed E-state index contributed by atoms with van der Waals surface area (Å²) in [4.78, 5) is 21.7. The SMILES string of the molecule is C=CCn1c(C)c(C(=O)O)sc1=O. The molecule has 1 heterocycles. The Morgan fingerprint density at radius 3 is 2.77 bits per heavy atom. The molecule has 0 spiro atoms. The average molecular weight is 199 g/mol. The van der Waals surface area contributed by atoms with Crippen LogP contribution in [0.1, 0.15) is 15.4 Å². The zero-order valence-corrected chi connectivity index (χ0v) is 7.93. The Kier molecular flexibility index (Phi) is 2.67. The quantitative estimate of drug-likeness (QED) is 0.741. The molecule has 5 heteroatoms. The standard InChI is InChI=1S/C8H9NO3S/c1-3-4-9-5(2)6(7(10)11)13-8(9)12/h3H,1,4H2,2H3,(H,10,11). The van der Waals surface area contributed by atoms with Gasteiger partial charge in [0.15, 0.2) is 0 Å². The van der Waals surface area contributed by atoms with Crippen LogP contribution in [-0.4, -0.2) is 15.6 Å². The zero-order chi connectivity index (χ0) is 10.0. The molecule has 0 aliphatic carbocycles. The molecule has 1 rings (SSSR count). The van der Waals surface area contributed by atoms with Gasteiger partial charge >= 0.3 is 10.8 Å². The molecule has 4 nitrogen and oxygen atoms in total. The summed E-state index contributed by atoms with van der Waals surface area (Å²) in [6, 6.07) is 0. The second-order valence-electron chi connectivity index (χ2n) is 2.49. The van der Waals surface area contributed by atoms with E-state index in [1.54, 1.807) is 13.0 Å². The van der Waals surface area contributed by atoms with E-state index in [0.717, 1.165) is 11.3 Å². The number of carboxylic acid groups (broad SMARTS) is 1. The Hall–Kier alpha value is -1.36. The molecular weight excluding hydrogens is 190 g/mol. The summed E-state index contributed by atoms with van der Waals surface area (Å²) in [5.74, 6) is -1.05. The third-order valence-electron chi connectivity index (χ3n) is 1.65. The average Bonchev–Trinajstić information content (AvgIpc) is 2.32. The second-order valence-corrected chi connectivity index (χ2v) is 3.45. The minimum atomic E-state index is -1.05. The minimum Gasteiger partial charge on any atom is -0.477 e. The number of hydrogen-bond acceptors (Lipinski definition) is 3. The topological polar surface area (TPSA) is 59.3 Å². The Bertz CT molecular complexity index is 402. The van der Waals surface area contributed by atoms with Crippen LogP contribution < -0.4 is 4.87 Å². The Morgan fingerprint density at radius 2 is 2.38 bits per heavy atom. The predicted octanol–water partition coefficient (Wildman–Crippen LogP) is 1.10. The van der Waals surface area contributed by atoms with E-state index >= 15 is 0 Å². The molecule has 0 atom stereocenters. The molecule has 1 aromatic rings. The van der Waals surface area contributed by atoms with Crippen molar-refractivity contribution in [3.8, 4) is 0 Å². The fourth-order valence-corrected chi connectivity index (χ4v) is 1.86. The lowest BCUT2D eigenvalue weighted by Crippen LogP contribution is -2.13. The zero-order valence-electron chi connectivity index (χ0n) is 7.11. The first kappa shape index (κ1) is 9.73. The number of carboxylic acids is 1. The lowest BCUT2D eigenvalue weighted by Gasteiger charge is -1.98. The van der Waals surface area contributed by atoms with Crippen molar-refractivity contribution in [1.29, 1.82) is 0 Å². The molecule has 0 unspecified atom stereocenters. The summed E-state index contributed by atoms with van der Waals surface area (Å²) in [5.41, 5.74) is 0.488. The summed E-state index contributed by atoms with van der Waals surface area (Å²) in [7, 11) is 0. The van der Waals surface area contributed by atoms with Crippen molar-refractivity contribution in [3.05, 3.63) is 32.9 Å². The van der Waals surface area contributed by atoms with Crippen molar-refractivity contribution in [2.45, 2.75) is 13.5 Å². The van der Waals surface area contributed by atoms with Gasteiger partial charge in [-0.25, -0.2) is 4.79 Å². The Balaban J connectivity index is 3.30. The molecule has 0 aliphatic heterocycles. The molecule has 0 amide bonds. The van der Waals surface area contributed by atoms with Gasteiger partial charge in [-0.3, -0.25) is 9.36 Å². The Labute approximate surface area is 78.8 Å². The highest BCUT2D eigenvalue weighted by atomic mass is 32.1. The van der Waals surface area contributed by atoms with Crippen LogP contribution in [0.15, 0.2) is 17.4 Å². The molecule has 0 saturated heterocycles. The van der Waals surface area contributed by atoms with E-state index in [9.17, 15) is 9.59 Å². The molecule has 70 valence electrons. The van der Waals surface area contributed by atoms with Crippen molar-refractivity contribution < 1.29 is 9.90 Å². The molecule has 0 radical (unpaired) electrons. The molecule has 13 heavy (non-hydrogen) atoms. The maximum absolute atomic E-state index is 11.2. The van der Waals surface area contributed by atoms with Crippen LogP contribution in [0.25, 0.3) is 0 Å². The minimum absolute atomic E-state index is 0.104. The van der Waals surface area contributed by atoms with E-state index in [-0.39, 0.29) is 9.75 Å². The van der Waals surface area contributed by atoms with E-state index in [4.69, 9.17) is 5.11 Å². The summed E-state index contributed by atoms with van der Waals surface area (Å²) in [6.45, 7) is 5.46. The van der Waals surface area contributed by atoms with Gasteiger partial charge in [-0.15, -0.1) is 6.58 Å². The lowest BCUT2D eigenvalue weighted by molar-refractivity contribution is 0.0701. The molecular formula is C8H9NO3S. The van der Waals surface area contributed by atoms with Crippen LogP contribution in [0.2, 0.25) is 0 Å². The van der Waals surface area contributed by atoms with Gasteiger partial charge in [0.1, 0.15) is 4.88 Å². The first-order chi connectivity index (χ1) is 6.07. The summed E-state index contributed by atoms with van der Waals surface area (Å²) < 4.78 is 1.39. The van der Waals surface area contributed by atoms with Gasteiger partial charge in [0.05, 0.1) is 0 Å². The molecule has 0 aliphatic rings. The highest BCUT2D eigenvalue weighted by Gasteiger charge is 2.15. The number of aromatic carboxylic acids is 1. The number of hydrogen-bond donors (Lipinski definition) is 1. The smallest absolute Gasteiger partial charge is 0.347 e. The van der Waals surface area contributed by atoms with E-state index in [2.05, 4.69) is 6.58 Å². The van der Waals surface area contributed by atoms with E-state index < -0.39 is 5.97 Å². The number of nitrogens with zero attached hydrogens (tertiary/aromatic N) is 1. The van der Waals surface area contributed by atoms with Crippen LogP contribution in [0.3, 0.4) is 0 Å². The molecule has 0 aromatic carbocycles.